The van der Waals surface area contributed by atoms with Gasteiger partial charge < -0.3 is 15.5 Å². The Labute approximate surface area is 192 Å². The maximum absolute atomic E-state index is 14.2. The normalized spacial score (nSPS) is 17.8. The minimum absolute atomic E-state index is 0.0585. The lowest BCUT2D eigenvalue weighted by Gasteiger charge is -2.27. The van der Waals surface area contributed by atoms with E-state index in [1.807, 2.05) is 0 Å². The fourth-order valence-electron chi connectivity index (χ4n) is 3.79. The number of carbonyl (C=O) groups excluding carboxylic acids is 3. The molecule has 2 aliphatic heterocycles. The van der Waals surface area contributed by atoms with E-state index < -0.39 is 34.7 Å². The van der Waals surface area contributed by atoms with Crippen LogP contribution in [0.3, 0.4) is 0 Å². The van der Waals surface area contributed by atoms with E-state index in [1.165, 1.54) is 23.6 Å². The zero-order chi connectivity index (χ0) is 23.9. The van der Waals surface area contributed by atoms with Crippen LogP contribution in [0.15, 0.2) is 12.1 Å². The number of nitrogens with one attached hydrogen (secondary N) is 2. The highest BCUT2D eigenvalue weighted by Crippen LogP contribution is 2.28. The second-order valence-corrected chi connectivity index (χ2v) is 8.13. The number of hydrogen-bond acceptors (Lipinski definition) is 5. The molecule has 10 nitrogen and oxygen atoms in total. The summed E-state index contributed by atoms with van der Waals surface area (Å²) >= 11 is 5.58. The molecule has 1 aromatic carbocycles. The van der Waals surface area contributed by atoms with Crippen molar-refractivity contribution in [1.29, 1.82) is 0 Å². The van der Waals surface area contributed by atoms with Crippen LogP contribution in [0.2, 0.25) is 5.02 Å². The third kappa shape index (κ3) is 4.48. The number of aromatic nitrogens is 2. The van der Waals surface area contributed by atoms with E-state index in [0.717, 1.165) is 17.2 Å². The number of hydrogen-bond donors (Lipinski definition) is 2. The molecule has 0 fully saturated rings. The Kier molecular flexibility index (Phi) is 6.21. The first-order valence-electron chi connectivity index (χ1n) is 10.1. The smallest absolute Gasteiger partial charge is 0.322 e. The lowest BCUT2D eigenvalue weighted by atomic mass is 10.1. The lowest BCUT2D eigenvalue weighted by molar-refractivity contribution is -0.148. The van der Waals surface area contributed by atoms with Crippen molar-refractivity contribution in [1.82, 2.24) is 25.1 Å². The Morgan fingerprint density at radius 2 is 2.09 bits per heavy atom. The highest BCUT2D eigenvalue weighted by Gasteiger charge is 2.35. The molecule has 0 aliphatic carbocycles. The zero-order valence-electron chi connectivity index (χ0n) is 17.8. The SMILES string of the molecule is CC(=O)NC[C@@H]1Cn2nc3c(c2C(=O)N(C)O1)CN(C(=O)Nc1ccc(F)c(Cl)c1F)CC3. The largest absolute Gasteiger partial charge is 0.354 e. The molecule has 4 rings (SSSR count). The van der Waals surface area contributed by atoms with Crippen LogP contribution in [-0.2, 0) is 29.1 Å². The summed E-state index contributed by atoms with van der Waals surface area (Å²) < 4.78 is 29.1. The summed E-state index contributed by atoms with van der Waals surface area (Å²) in [6, 6.07) is 1.41. The summed E-state index contributed by atoms with van der Waals surface area (Å²) in [5.74, 6) is -2.66. The Hall–Kier alpha value is -3.25. The predicted molar refractivity (Wildman–Crippen MR) is 112 cm³/mol. The van der Waals surface area contributed by atoms with Gasteiger partial charge in [-0.15, -0.1) is 0 Å². The summed E-state index contributed by atoms with van der Waals surface area (Å²) in [5, 5.41) is 9.95. The fourth-order valence-corrected chi connectivity index (χ4v) is 3.96. The first-order valence-corrected chi connectivity index (χ1v) is 10.5. The summed E-state index contributed by atoms with van der Waals surface area (Å²) in [5.41, 5.74) is 1.27. The van der Waals surface area contributed by atoms with Crippen LogP contribution in [0, 0.1) is 11.6 Å². The minimum atomic E-state index is -1.07. The molecule has 3 heterocycles. The highest BCUT2D eigenvalue weighted by atomic mass is 35.5. The molecule has 0 bridgehead atoms. The van der Waals surface area contributed by atoms with Crippen LogP contribution < -0.4 is 10.6 Å². The number of benzene rings is 1. The van der Waals surface area contributed by atoms with Gasteiger partial charge in [0.25, 0.3) is 5.91 Å². The third-order valence-corrected chi connectivity index (χ3v) is 5.76. The van der Waals surface area contributed by atoms with E-state index in [1.54, 1.807) is 0 Å². The Balaban J connectivity index is 1.55. The van der Waals surface area contributed by atoms with Gasteiger partial charge in [-0.25, -0.2) is 18.6 Å². The van der Waals surface area contributed by atoms with Crippen LogP contribution in [-0.4, -0.2) is 63.8 Å². The maximum atomic E-state index is 14.2. The number of carbonyl (C=O) groups is 3. The predicted octanol–water partition coefficient (Wildman–Crippen LogP) is 1.93. The number of anilines is 1. The zero-order valence-corrected chi connectivity index (χ0v) is 18.6. The van der Waals surface area contributed by atoms with Crippen molar-refractivity contribution < 1.29 is 28.0 Å². The molecule has 0 saturated carbocycles. The second kappa shape index (κ2) is 8.94. The molecule has 0 saturated heterocycles. The van der Waals surface area contributed by atoms with E-state index in [4.69, 9.17) is 16.4 Å². The first kappa shape index (κ1) is 22.9. The summed E-state index contributed by atoms with van der Waals surface area (Å²) in [7, 11) is 1.46. The molecule has 13 heteroatoms. The molecule has 2 aromatic rings. The van der Waals surface area contributed by atoms with Crippen LogP contribution in [0.5, 0.6) is 0 Å². The molecule has 2 N–H and O–H groups in total. The van der Waals surface area contributed by atoms with Gasteiger partial charge in [-0.2, -0.15) is 5.10 Å². The van der Waals surface area contributed by atoms with Gasteiger partial charge in [-0.1, -0.05) is 11.6 Å². The Morgan fingerprint density at radius 1 is 1.33 bits per heavy atom. The van der Waals surface area contributed by atoms with Gasteiger partial charge in [0.1, 0.15) is 22.6 Å². The van der Waals surface area contributed by atoms with Gasteiger partial charge >= 0.3 is 6.03 Å². The number of rotatable bonds is 3. The average Bonchev–Trinajstić information content (AvgIpc) is 3.08. The highest BCUT2D eigenvalue weighted by molar-refractivity contribution is 6.31. The molecule has 0 radical (unpaired) electrons. The molecule has 2 aliphatic rings. The number of amides is 4. The number of fused-ring (bicyclic) bond motifs is 3. The molecule has 176 valence electrons. The Bertz CT molecular complexity index is 1140. The average molecular weight is 483 g/mol. The van der Waals surface area contributed by atoms with Gasteiger partial charge in [-0.3, -0.25) is 19.1 Å². The maximum Gasteiger partial charge on any atom is 0.322 e. The number of hydroxylamine groups is 2. The van der Waals surface area contributed by atoms with Crippen molar-refractivity contribution in [2.75, 3.05) is 25.5 Å². The van der Waals surface area contributed by atoms with E-state index in [9.17, 15) is 23.2 Å². The second-order valence-electron chi connectivity index (χ2n) is 7.75. The van der Waals surface area contributed by atoms with Gasteiger partial charge in [0.15, 0.2) is 5.82 Å². The van der Waals surface area contributed by atoms with Gasteiger partial charge in [0.2, 0.25) is 5.91 Å². The van der Waals surface area contributed by atoms with E-state index in [-0.39, 0.29) is 43.5 Å². The lowest BCUT2D eigenvalue weighted by Crippen LogP contribution is -2.40. The number of halogens is 3. The molecular formula is C20H21ClF2N6O4. The quantitative estimate of drug-likeness (QED) is 0.650. The monoisotopic (exact) mass is 482 g/mol. The van der Waals surface area contributed by atoms with E-state index >= 15 is 0 Å². The minimum Gasteiger partial charge on any atom is -0.354 e. The summed E-state index contributed by atoms with van der Waals surface area (Å²) in [4.78, 5) is 44.0. The van der Waals surface area contributed by atoms with E-state index in [2.05, 4.69) is 15.7 Å². The van der Waals surface area contributed by atoms with Gasteiger partial charge in [-0.05, 0) is 12.1 Å². The third-order valence-electron chi connectivity index (χ3n) is 5.42. The molecule has 0 unspecified atom stereocenters. The van der Waals surface area contributed by atoms with Crippen LogP contribution in [0.4, 0.5) is 19.3 Å². The van der Waals surface area contributed by atoms with Gasteiger partial charge in [0, 0.05) is 39.0 Å². The molecule has 0 spiro atoms. The molecule has 1 atom stereocenters. The standard InChI is InChI=1S/C20H21ClF2N6O4/c1-10(30)24-7-11-8-29-18(19(31)27(2)33-11)12-9-28(6-5-14(12)26-29)20(32)25-15-4-3-13(22)16(21)17(15)23/h3-4,11H,5-9H2,1-2H3,(H,24,30)(H,25,32)/t11-/m1/s1. The van der Waals surface area contributed by atoms with Crippen LogP contribution in [0.25, 0.3) is 0 Å². The summed E-state index contributed by atoms with van der Waals surface area (Å²) in [6.07, 6.45) is -0.139. The van der Waals surface area contributed by atoms with Crippen molar-refractivity contribution >= 4 is 35.1 Å². The van der Waals surface area contributed by atoms with Crippen LogP contribution >= 0.6 is 11.6 Å². The van der Waals surface area contributed by atoms with E-state index in [0.29, 0.717) is 17.7 Å². The van der Waals surface area contributed by atoms with Crippen molar-refractivity contribution in [3.05, 3.63) is 45.7 Å². The molecule has 4 amide bonds. The molecular weight excluding hydrogens is 462 g/mol. The van der Waals surface area contributed by atoms with Crippen molar-refractivity contribution in [3.63, 3.8) is 0 Å². The molecule has 1 aromatic heterocycles. The van der Waals surface area contributed by atoms with Gasteiger partial charge in [0.05, 0.1) is 24.5 Å². The fraction of sp³-hybridized carbons (Fsp3) is 0.400. The molecule has 33 heavy (non-hydrogen) atoms. The van der Waals surface area contributed by atoms with Crippen molar-refractivity contribution in [2.45, 2.75) is 32.5 Å². The first-order chi connectivity index (χ1) is 15.7. The number of urea groups is 1. The van der Waals surface area contributed by atoms with Crippen molar-refractivity contribution in [3.8, 4) is 0 Å². The summed E-state index contributed by atoms with van der Waals surface area (Å²) in [6.45, 7) is 2.14. The Morgan fingerprint density at radius 3 is 2.82 bits per heavy atom. The number of nitrogens with zero attached hydrogens (tertiary/aromatic N) is 4. The topological polar surface area (TPSA) is 109 Å². The van der Waals surface area contributed by atoms with Crippen molar-refractivity contribution in [2.24, 2.45) is 0 Å². The van der Waals surface area contributed by atoms with Crippen LogP contribution in [0.1, 0.15) is 28.7 Å².